The zero-order chi connectivity index (χ0) is 11.9. The van der Waals surface area contributed by atoms with Crippen LogP contribution in [0.3, 0.4) is 0 Å². The Morgan fingerprint density at radius 3 is 2.59 bits per heavy atom. The highest BCUT2D eigenvalue weighted by molar-refractivity contribution is 5.35. The minimum atomic E-state index is 0.444. The molecule has 0 atom stereocenters. The van der Waals surface area contributed by atoms with Gasteiger partial charge < -0.3 is 11.1 Å². The molecule has 0 saturated carbocycles. The summed E-state index contributed by atoms with van der Waals surface area (Å²) in [5, 5.41) is 3.21. The van der Waals surface area contributed by atoms with Crippen molar-refractivity contribution in [1.29, 1.82) is 0 Å². The third-order valence-electron chi connectivity index (χ3n) is 2.46. The van der Waals surface area contributed by atoms with Crippen LogP contribution in [0.2, 0.25) is 0 Å². The van der Waals surface area contributed by atoms with Gasteiger partial charge in [0.1, 0.15) is 11.6 Å². The molecule has 4 nitrogen and oxygen atoms in total. The lowest BCUT2D eigenvalue weighted by Gasteiger charge is -2.05. The molecule has 2 aromatic rings. The number of aromatic nitrogens is 2. The number of nitrogens with zero attached hydrogens (tertiary/aromatic N) is 2. The van der Waals surface area contributed by atoms with Gasteiger partial charge in [0.15, 0.2) is 0 Å². The molecular formula is C13H16N4. The minimum Gasteiger partial charge on any atom is -0.382 e. The Kier molecular flexibility index (Phi) is 3.91. The van der Waals surface area contributed by atoms with Crippen molar-refractivity contribution in [2.24, 2.45) is 0 Å². The summed E-state index contributed by atoms with van der Waals surface area (Å²) < 4.78 is 0. The Hall–Kier alpha value is -2.10. The van der Waals surface area contributed by atoms with E-state index in [0.717, 1.165) is 25.2 Å². The first-order chi connectivity index (χ1) is 8.34. The lowest BCUT2D eigenvalue weighted by atomic mass is 10.1. The van der Waals surface area contributed by atoms with Gasteiger partial charge in [-0.2, -0.15) is 0 Å². The molecule has 0 aliphatic carbocycles. The Morgan fingerprint density at radius 1 is 1.06 bits per heavy atom. The molecule has 2 rings (SSSR count). The largest absolute Gasteiger partial charge is 0.382 e. The summed E-state index contributed by atoms with van der Waals surface area (Å²) in [5.41, 5.74) is 6.82. The molecular weight excluding hydrogens is 212 g/mol. The van der Waals surface area contributed by atoms with E-state index in [-0.39, 0.29) is 0 Å². The maximum Gasteiger partial charge on any atom is 0.144 e. The van der Waals surface area contributed by atoms with Gasteiger partial charge in [0.25, 0.3) is 0 Å². The number of anilines is 2. The molecule has 0 spiro atoms. The van der Waals surface area contributed by atoms with Gasteiger partial charge >= 0.3 is 0 Å². The van der Waals surface area contributed by atoms with Crippen molar-refractivity contribution in [3.05, 3.63) is 48.3 Å². The van der Waals surface area contributed by atoms with Crippen molar-refractivity contribution in [3.63, 3.8) is 0 Å². The van der Waals surface area contributed by atoms with Crippen LogP contribution in [0.1, 0.15) is 12.0 Å². The van der Waals surface area contributed by atoms with E-state index in [1.807, 2.05) is 6.07 Å². The van der Waals surface area contributed by atoms with Gasteiger partial charge in [-0.15, -0.1) is 0 Å². The molecule has 0 fully saturated rings. The van der Waals surface area contributed by atoms with Crippen LogP contribution in [0.25, 0.3) is 0 Å². The van der Waals surface area contributed by atoms with E-state index < -0.39 is 0 Å². The second-order valence-electron chi connectivity index (χ2n) is 3.84. The lowest BCUT2D eigenvalue weighted by molar-refractivity contribution is 0.858. The second-order valence-corrected chi connectivity index (χ2v) is 3.84. The summed E-state index contributed by atoms with van der Waals surface area (Å²) >= 11 is 0. The van der Waals surface area contributed by atoms with Gasteiger partial charge in [0.2, 0.25) is 0 Å². The zero-order valence-electron chi connectivity index (χ0n) is 9.63. The third-order valence-corrected chi connectivity index (χ3v) is 2.46. The van der Waals surface area contributed by atoms with Crippen LogP contribution in [0.15, 0.2) is 42.7 Å². The molecule has 0 aliphatic heterocycles. The average Bonchev–Trinajstić information content (AvgIpc) is 2.38. The minimum absolute atomic E-state index is 0.444. The Labute approximate surface area is 101 Å². The van der Waals surface area contributed by atoms with Gasteiger partial charge in [-0.05, 0) is 18.4 Å². The van der Waals surface area contributed by atoms with Crippen molar-refractivity contribution in [1.82, 2.24) is 9.97 Å². The second kappa shape index (κ2) is 5.84. The topological polar surface area (TPSA) is 63.8 Å². The lowest BCUT2D eigenvalue weighted by Crippen LogP contribution is -2.05. The molecule has 1 heterocycles. The van der Waals surface area contributed by atoms with Gasteiger partial charge in [-0.25, -0.2) is 9.97 Å². The van der Waals surface area contributed by atoms with E-state index >= 15 is 0 Å². The highest BCUT2D eigenvalue weighted by Crippen LogP contribution is 2.04. The fraction of sp³-hybridized carbons (Fsp3) is 0.231. The number of nitrogen functional groups attached to an aromatic ring is 1. The third kappa shape index (κ3) is 3.75. The van der Waals surface area contributed by atoms with Gasteiger partial charge in [0.05, 0.1) is 12.4 Å². The van der Waals surface area contributed by atoms with Crippen molar-refractivity contribution < 1.29 is 0 Å². The molecule has 17 heavy (non-hydrogen) atoms. The summed E-state index contributed by atoms with van der Waals surface area (Å²) in [6.07, 6.45) is 5.34. The van der Waals surface area contributed by atoms with E-state index in [4.69, 9.17) is 5.73 Å². The summed E-state index contributed by atoms with van der Waals surface area (Å²) in [4.78, 5) is 8.09. The first-order valence-electron chi connectivity index (χ1n) is 5.70. The van der Waals surface area contributed by atoms with Crippen LogP contribution in [0.4, 0.5) is 11.6 Å². The maximum absolute atomic E-state index is 5.46. The molecule has 3 N–H and O–H groups in total. The SMILES string of the molecule is Nc1cnc(NCCCc2ccccc2)cn1. The Bertz CT molecular complexity index is 439. The number of nitrogens with two attached hydrogens (primary N) is 1. The average molecular weight is 228 g/mol. The molecule has 0 unspecified atom stereocenters. The normalized spacial score (nSPS) is 10.1. The van der Waals surface area contributed by atoms with Crippen LogP contribution < -0.4 is 11.1 Å². The maximum atomic E-state index is 5.46. The van der Waals surface area contributed by atoms with Crippen molar-refractivity contribution in [2.45, 2.75) is 12.8 Å². The number of rotatable bonds is 5. The quantitative estimate of drug-likeness (QED) is 0.769. The number of nitrogens with one attached hydrogen (secondary N) is 1. The van der Waals surface area contributed by atoms with Crippen LogP contribution in [-0.4, -0.2) is 16.5 Å². The number of aryl methyl sites for hydroxylation is 1. The summed E-state index contributed by atoms with van der Waals surface area (Å²) in [5.74, 6) is 1.21. The molecule has 0 bridgehead atoms. The summed E-state index contributed by atoms with van der Waals surface area (Å²) in [7, 11) is 0. The van der Waals surface area contributed by atoms with E-state index in [2.05, 4.69) is 39.6 Å². The van der Waals surface area contributed by atoms with Crippen LogP contribution in [0.5, 0.6) is 0 Å². The number of benzene rings is 1. The number of hydrogen-bond acceptors (Lipinski definition) is 4. The van der Waals surface area contributed by atoms with Crippen molar-refractivity contribution >= 4 is 11.6 Å². The van der Waals surface area contributed by atoms with Gasteiger partial charge in [0, 0.05) is 6.54 Å². The van der Waals surface area contributed by atoms with Crippen LogP contribution in [0, 0.1) is 0 Å². The molecule has 4 heteroatoms. The van der Waals surface area contributed by atoms with Gasteiger partial charge in [-0.1, -0.05) is 30.3 Å². The summed E-state index contributed by atoms with van der Waals surface area (Å²) in [6.45, 7) is 0.882. The highest BCUT2D eigenvalue weighted by atomic mass is 15.0. The van der Waals surface area contributed by atoms with E-state index in [1.54, 1.807) is 12.4 Å². The van der Waals surface area contributed by atoms with E-state index in [9.17, 15) is 0 Å². The zero-order valence-corrected chi connectivity index (χ0v) is 9.63. The van der Waals surface area contributed by atoms with Gasteiger partial charge in [-0.3, -0.25) is 0 Å². The fourth-order valence-electron chi connectivity index (χ4n) is 1.58. The molecule has 1 aromatic carbocycles. The first-order valence-corrected chi connectivity index (χ1v) is 5.70. The van der Waals surface area contributed by atoms with Crippen LogP contribution >= 0.6 is 0 Å². The fourth-order valence-corrected chi connectivity index (χ4v) is 1.58. The Balaban J connectivity index is 1.71. The monoisotopic (exact) mass is 228 g/mol. The number of hydrogen-bond donors (Lipinski definition) is 2. The molecule has 0 radical (unpaired) electrons. The van der Waals surface area contributed by atoms with Crippen molar-refractivity contribution in [3.8, 4) is 0 Å². The predicted molar refractivity (Wildman–Crippen MR) is 69.7 cm³/mol. The van der Waals surface area contributed by atoms with E-state index in [0.29, 0.717) is 5.82 Å². The van der Waals surface area contributed by atoms with Crippen molar-refractivity contribution in [2.75, 3.05) is 17.6 Å². The smallest absolute Gasteiger partial charge is 0.144 e. The molecule has 0 amide bonds. The molecule has 88 valence electrons. The van der Waals surface area contributed by atoms with E-state index in [1.165, 1.54) is 5.56 Å². The molecule has 0 saturated heterocycles. The summed E-state index contributed by atoms with van der Waals surface area (Å²) in [6, 6.07) is 10.4. The predicted octanol–water partition coefficient (Wildman–Crippen LogP) is 2.10. The standard InChI is InChI=1S/C13H16N4/c14-12-9-17-13(10-16-12)15-8-4-7-11-5-2-1-3-6-11/h1-3,5-6,9-10H,4,7-8H2,(H2,14,16)(H,15,17). The molecule has 1 aromatic heterocycles. The van der Waals surface area contributed by atoms with Crippen LogP contribution in [-0.2, 0) is 6.42 Å². The Morgan fingerprint density at radius 2 is 1.88 bits per heavy atom. The first kappa shape index (κ1) is 11.4. The highest BCUT2D eigenvalue weighted by Gasteiger charge is 1.95. The molecule has 0 aliphatic rings.